The zero-order valence-electron chi connectivity index (χ0n) is 13.9. The van der Waals surface area contributed by atoms with Crippen molar-refractivity contribution in [3.05, 3.63) is 40.6 Å². The lowest BCUT2D eigenvalue weighted by molar-refractivity contribution is -0.0766. The lowest BCUT2D eigenvalue weighted by Crippen LogP contribution is -2.26. The standard InChI is InChI=1S/C17H17ClF2N4O/c1-10-5-14(23-15(22-10)17(19,20)9-25-2)24-8-16(3-4-16)11-7-21-13(18)6-12(11)24/h5-7H,3-4,8-9H2,1-2H3. The Kier molecular flexibility index (Phi) is 3.70. The molecule has 132 valence electrons. The molecule has 8 heteroatoms. The van der Waals surface area contributed by atoms with Crippen LogP contribution in [0.2, 0.25) is 5.15 Å². The number of hydrogen-bond acceptors (Lipinski definition) is 5. The van der Waals surface area contributed by atoms with Gasteiger partial charge in [-0.25, -0.2) is 15.0 Å². The number of anilines is 2. The van der Waals surface area contributed by atoms with Crippen LogP contribution >= 0.6 is 11.6 Å². The van der Waals surface area contributed by atoms with Crippen molar-refractivity contribution in [3.63, 3.8) is 0 Å². The minimum absolute atomic E-state index is 0.0426. The summed E-state index contributed by atoms with van der Waals surface area (Å²) in [5, 5.41) is 0.372. The molecule has 2 aromatic heterocycles. The third-order valence-corrected chi connectivity index (χ3v) is 5.00. The fourth-order valence-corrected chi connectivity index (χ4v) is 3.56. The van der Waals surface area contributed by atoms with E-state index in [2.05, 4.69) is 19.7 Å². The van der Waals surface area contributed by atoms with Gasteiger partial charge in [-0.05, 0) is 25.8 Å². The van der Waals surface area contributed by atoms with Crippen molar-refractivity contribution < 1.29 is 13.5 Å². The van der Waals surface area contributed by atoms with Gasteiger partial charge in [0.05, 0.1) is 5.69 Å². The zero-order valence-corrected chi connectivity index (χ0v) is 14.6. The number of halogens is 3. The molecule has 0 amide bonds. The van der Waals surface area contributed by atoms with Gasteiger partial charge in [0.1, 0.15) is 17.6 Å². The average molecular weight is 367 g/mol. The van der Waals surface area contributed by atoms with Gasteiger partial charge in [-0.1, -0.05) is 11.6 Å². The molecule has 5 nitrogen and oxygen atoms in total. The van der Waals surface area contributed by atoms with Gasteiger partial charge >= 0.3 is 5.92 Å². The zero-order chi connectivity index (χ0) is 17.8. The summed E-state index contributed by atoms with van der Waals surface area (Å²) in [5.74, 6) is -3.32. The van der Waals surface area contributed by atoms with Crippen LogP contribution in [0.4, 0.5) is 20.3 Å². The van der Waals surface area contributed by atoms with Gasteiger partial charge in [0.2, 0.25) is 5.82 Å². The summed E-state index contributed by atoms with van der Waals surface area (Å²) in [6, 6.07) is 3.49. The molecule has 25 heavy (non-hydrogen) atoms. The summed E-state index contributed by atoms with van der Waals surface area (Å²) in [6.07, 6.45) is 3.90. The highest BCUT2D eigenvalue weighted by atomic mass is 35.5. The van der Waals surface area contributed by atoms with E-state index in [4.69, 9.17) is 11.6 Å². The predicted molar refractivity (Wildman–Crippen MR) is 89.7 cm³/mol. The number of fused-ring (bicyclic) bond motifs is 2. The van der Waals surface area contributed by atoms with Crippen LogP contribution in [0.15, 0.2) is 18.3 Å². The largest absolute Gasteiger partial charge is 0.378 e. The number of aromatic nitrogens is 3. The first-order valence-electron chi connectivity index (χ1n) is 8.01. The van der Waals surface area contributed by atoms with Crippen molar-refractivity contribution in [1.82, 2.24) is 15.0 Å². The smallest absolute Gasteiger partial charge is 0.329 e. The molecule has 1 spiro atoms. The third-order valence-electron chi connectivity index (χ3n) is 4.80. The van der Waals surface area contributed by atoms with Crippen LogP contribution in [0.25, 0.3) is 0 Å². The van der Waals surface area contributed by atoms with Crippen LogP contribution in [0.1, 0.15) is 29.9 Å². The molecule has 1 fully saturated rings. The summed E-state index contributed by atoms with van der Waals surface area (Å²) in [4.78, 5) is 14.2. The number of hydrogen-bond donors (Lipinski definition) is 0. The summed E-state index contributed by atoms with van der Waals surface area (Å²) < 4.78 is 33.1. The summed E-state index contributed by atoms with van der Waals surface area (Å²) in [6.45, 7) is 1.61. The Balaban J connectivity index is 1.79. The normalized spacial score (nSPS) is 17.9. The highest BCUT2D eigenvalue weighted by Crippen LogP contribution is 2.57. The molecule has 0 bridgehead atoms. The van der Waals surface area contributed by atoms with Crippen molar-refractivity contribution in [3.8, 4) is 0 Å². The molecule has 0 aromatic carbocycles. The fraction of sp³-hybridized carbons (Fsp3) is 0.471. The molecule has 0 unspecified atom stereocenters. The Bertz CT molecular complexity index is 841. The van der Waals surface area contributed by atoms with E-state index in [9.17, 15) is 8.78 Å². The van der Waals surface area contributed by atoms with E-state index in [0.717, 1.165) is 24.1 Å². The number of ether oxygens (including phenoxy) is 1. The molecule has 1 saturated carbocycles. The SMILES string of the molecule is COCC(F)(F)c1nc(C)cc(N2CC3(CC3)c3cnc(Cl)cc32)n1. The number of alkyl halides is 2. The van der Waals surface area contributed by atoms with E-state index in [1.807, 2.05) is 4.90 Å². The second-order valence-electron chi connectivity index (χ2n) is 6.72. The van der Waals surface area contributed by atoms with E-state index in [0.29, 0.717) is 23.2 Å². The van der Waals surface area contributed by atoms with Gasteiger partial charge < -0.3 is 9.64 Å². The number of methoxy groups -OCH3 is 1. The number of nitrogens with zero attached hydrogens (tertiary/aromatic N) is 4. The van der Waals surface area contributed by atoms with E-state index < -0.39 is 18.4 Å². The van der Waals surface area contributed by atoms with E-state index in [-0.39, 0.29) is 5.41 Å². The van der Waals surface area contributed by atoms with E-state index >= 15 is 0 Å². The van der Waals surface area contributed by atoms with Gasteiger partial charge in [-0.15, -0.1) is 0 Å². The molecular weight excluding hydrogens is 350 g/mol. The molecule has 1 aliphatic heterocycles. The summed E-state index contributed by atoms with van der Waals surface area (Å²) in [7, 11) is 1.23. The van der Waals surface area contributed by atoms with Gasteiger partial charge in [0, 0.05) is 42.6 Å². The molecule has 0 atom stereocenters. The molecule has 0 N–H and O–H groups in total. The van der Waals surface area contributed by atoms with Crippen LogP contribution in [0, 0.1) is 6.92 Å². The highest BCUT2D eigenvalue weighted by molar-refractivity contribution is 6.29. The topological polar surface area (TPSA) is 51.1 Å². The summed E-state index contributed by atoms with van der Waals surface area (Å²) in [5.41, 5.74) is 2.52. The molecule has 2 aliphatic rings. The second-order valence-corrected chi connectivity index (χ2v) is 7.11. The predicted octanol–water partition coefficient (Wildman–Crippen LogP) is 3.75. The van der Waals surface area contributed by atoms with E-state index in [1.54, 1.807) is 25.3 Å². The molecule has 4 rings (SSSR count). The van der Waals surface area contributed by atoms with Crippen LogP contribution < -0.4 is 4.90 Å². The maximum Gasteiger partial charge on any atom is 0.329 e. The summed E-state index contributed by atoms with van der Waals surface area (Å²) >= 11 is 6.06. The van der Waals surface area contributed by atoms with Crippen molar-refractivity contribution in [1.29, 1.82) is 0 Å². The first-order chi connectivity index (χ1) is 11.8. The first kappa shape index (κ1) is 16.6. The maximum atomic E-state index is 14.2. The molecule has 0 saturated heterocycles. The van der Waals surface area contributed by atoms with Gasteiger partial charge in [0.25, 0.3) is 0 Å². The monoisotopic (exact) mass is 366 g/mol. The van der Waals surface area contributed by atoms with Crippen molar-refractivity contribution in [2.75, 3.05) is 25.2 Å². The molecule has 0 radical (unpaired) electrons. The Labute approximate surface area is 149 Å². The first-order valence-corrected chi connectivity index (χ1v) is 8.39. The third kappa shape index (κ3) is 2.75. The van der Waals surface area contributed by atoms with E-state index in [1.165, 1.54) is 7.11 Å². The van der Waals surface area contributed by atoms with Crippen molar-refractivity contribution >= 4 is 23.1 Å². The average Bonchev–Trinajstić information content (AvgIpc) is 3.25. The molecular formula is C17H17ClF2N4O. The molecule has 3 heterocycles. The second kappa shape index (κ2) is 5.57. The lowest BCUT2D eigenvalue weighted by atomic mass is 10.0. The van der Waals surface area contributed by atoms with Crippen molar-refractivity contribution in [2.24, 2.45) is 0 Å². The Morgan fingerprint density at radius 3 is 2.76 bits per heavy atom. The number of aryl methyl sites for hydroxylation is 1. The van der Waals surface area contributed by atoms with Crippen molar-refractivity contribution in [2.45, 2.75) is 31.1 Å². The van der Waals surface area contributed by atoms with Crippen LogP contribution in [0.3, 0.4) is 0 Å². The van der Waals surface area contributed by atoms with Gasteiger partial charge in [0.15, 0.2) is 0 Å². The Morgan fingerprint density at radius 2 is 2.08 bits per heavy atom. The quantitative estimate of drug-likeness (QED) is 0.771. The molecule has 2 aromatic rings. The lowest BCUT2D eigenvalue weighted by Gasteiger charge is -2.22. The fourth-order valence-electron chi connectivity index (χ4n) is 3.41. The van der Waals surface area contributed by atoms with Gasteiger partial charge in [-0.2, -0.15) is 8.78 Å². The minimum Gasteiger partial charge on any atom is -0.378 e. The number of pyridine rings is 1. The maximum absolute atomic E-state index is 14.2. The minimum atomic E-state index is -3.24. The Morgan fingerprint density at radius 1 is 1.32 bits per heavy atom. The van der Waals surface area contributed by atoms with Crippen LogP contribution in [-0.2, 0) is 16.1 Å². The van der Waals surface area contributed by atoms with Gasteiger partial charge in [-0.3, -0.25) is 0 Å². The Hall–Kier alpha value is -1.86. The van der Waals surface area contributed by atoms with Crippen LogP contribution in [-0.4, -0.2) is 35.2 Å². The van der Waals surface area contributed by atoms with Crippen LogP contribution in [0.5, 0.6) is 0 Å². The molecule has 1 aliphatic carbocycles. The highest BCUT2D eigenvalue weighted by Gasteiger charge is 2.52. The number of rotatable bonds is 4.